The molecule has 0 unspecified atom stereocenters. The molecule has 1 rings (SSSR count). The maximum absolute atomic E-state index is 8.43. The van der Waals surface area contributed by atoms with E-state index in [4.69, 9.17) is 26.3 Å². The van der Waals surface area contributed by atoms with E-state index in [1.54, 1.807) is 14.2 Å². The number of nitrogens with one attached hydrogen (secondary N) is 1. The van der Waals surface area contributed by atoms with Gasteiger partial charge >= 0.3 is 0 Å². The molecule has 0 aliphatic rings. The predicted octanol–water partition coefficient (Wildman–Crippen LogP) is 3.14. The molecule has 5 heteroatoms. The van der Waals surface area contributed by atoms with E-state index in [-0.39, 0.29) is 0 Å². The summed E-state index contributed by atoms with van der Waals surface area (Å²) in [7, 11) is 3.16. The van der Waals surface area contributed by atoms with Gasteiger partial charge in [0.1, 0.15) is 0 Å². The molecule has 0 radical (unpaired) electrons. The monoisotopic (exact) mass is 282 g/mol. The lowest BCUT2D eigenvalue weighted by atomic mass is 10.2. The summed E-state index contributed by atoms with van der Waals surface area (Å²) in [5, 5.41) is 12.3. The zero-order valence-electron chi connectivity index (χ0n) is 11.3. The smallest absolute Gasteiger partial charge is 0.179 e. The summed E-state index contributed by atoms with van der Waals surface area (Å²) < 4.78 is 10.4. The van der Waals surface area contributed by atoms with Crippen molar-refractivity contribution in [3.05, 3.63) is 22.7 Å². The van der Waals surface area contributed by atoms with Crippen molar-refractivity contribution in [2.75, 3.05) is 20.8 Å². The van der Waals surface area contributed by atoms with E-state index in [0.717, 1.165) is 24.9 Å². The second-order valence-corrected chi connectivity index (χ2v) is 4.51. The summed E-state index contributed by atoms with van der Waals surface area (Å²) in [6, 6.07) is 5.91. The first-order valence-corrected chi connectivity index (χ1v) is 6.58. The van der Waals surface area contributed by atoms with Crippen LogP contribution in [0.15, 0.2) is 12.1 Å². The molecule has 0 aliphatic carbocycles. The summed E-state index contributed by atoms with van der Waals surface area (Å²) in [6.07, 6.45) is 2.54. The van der Waals surface area contributed by atoms with Gasteiger partial charge in [-0.3, -0.25) is 0 Å². The zero-order chi connectivity index (χ0) is 14.1. The first kappa shape index (κ1) is 15.6. The molecule has 1 aromatic carbocycles. The van der Waals surface area contributed by atoms with Crippen molar-refractivity contribution in [2.24, 2.45) is 0 Å². The van der Waals surface area contributed by atoms with E-state index >= 15 is 0 Å². The molecular formula is C14H19ClN2O2. The van der Waals surface area contributed by atoms with Crippen LogP contribution in [0.5, 0.6) is 11.5 Å². The minimum absolute atomic E-state index is 0.545. The van der Waals surface area contributed by atoms with E-state index < -0.39 is 0 Å². The summed E-state index contributed by atoms with van der Waals surface area (Å²) in [6.45, 7) is 1.60. The molecule has 0 amide bonds. The molecule has 0 aliphatic heterocycles. The van der Waals surface area contributed by atoms with Crippen LogP contribution >= 0.6 is 11.6 Å². The van der Waals surface area contributed by atoms with Gasteiger partial charge in [0, 0.05) is 13.0 Å². The highest BCUT2D eigenvalue weighted by molar-refractivity contribution is 6.32. The minimum atomic E-state index is 0.545. The molecule has 0 atom stereocenters. The first-order chi connectivity index (χ1) is 9.22. The van der Waals surface area contributed by atoms with Crippen LogP contribution in [0.25, 0.3) is 0 Å². The largest absolute Gasteiger partial charge is 0.493 e. The molecule has 0 saturated heterocycles. The lowest BCUT2D eigenvalue weighted by Crippen LogP contribution is -2.14. The Bertz CT molecular complexity index is 444. The van der Waals surface area contributed by atoms with Crippen LogP contribution in [0.2, 0.25) is 5.02 Å². The van der Waals surface area contributed by atoms with E-state index in [9.17, 15) is 0 Å². The highest BCUT2D eigenvalue weighted by Gasteiger charge is 2.10. The zero-order valence-corrected chi connectivity index (χ0v) is 12.1. The number of rotatable bonds is 8. The Morgan fingerprint density at radius 1 is 1.26 bits per heavy atom. The van der Waals surface area contributed by atoms with Gasteiger partial charge in [-0.1, -0.05) is 11.6 Å². The first-order valence-electron chi connectivity index (χ1n) is 6.21. The summed E-state index contributed by atoms with van der Waals surface area (Å²) in [5.41, 5.74) is 1.04. The SMILES string of the molecule is COc1cc(CNCCCCC#N)cc(Cl)c1OC. The van der Waals surface area contributed by atoms with Gasteiger partial charge in [0.25, 0.3) is 0 Å². The third-order valence-electron chi connectivity index (χ3n) is 2.71. The fourth-order valence-corrected chi connectivity index (χ4v) is 2.07. The fourth-order valence-electron chi connectivity index (χ4n) is 1.76. The molecule has 1 aromatic rings. The molecule has 0 saturated carbocycles. The van der Waals surface area contributed by atoms with Crippen LogP contribution in [0, 0.1) is 11.3 Å². The van der Waals surface area contributed by atoms with E-state index in [1.807, 2.05) is 12.1 Å². The highest BCUT2D eigenvalue weighted by atomic mass is 35.5. The van der Waals surface area contributed by atoms with Gasteiger partial charge in [-0.05, 0) is 37.1 Å². The molecule has 0 heterocycles. The van der Waals surface area contributed by atoms with Gasteiger partial charge in [0.05, 0.1) is 25.3 Å². The number of nitriles is 1. The second-order valence-electron chi connectivity index (χ2n) is 4.11. The van der Waals surface area contributed by atoms with Gasteiger partial charge in [0.15, 0.2) is 11.5 Å². The van der Waals surface area contributed by atoms with Crippen LogP contribution in [-0.4, -0.2) is 20.8 Å². The number of hydrogen-bond acceptors (Lipinski definition) is 4. The fraction of sp³-hybridized carbons (Fsp3) is 0.500. The average Bonchev–Trinajstić information content (AvgIpc) is 2.42. The number of unbranched alkanes of at least 4 members (excludes halogenated alkanes) is 2. The number of halogens is 1. The van der Waals surface area contributed by atoms with Crippen molar-refractivity contribution in [3.8, 4) is 17.6 Å². The minimum Gasteiger partial charge on any atom is -0.493 e. The van der Waals surface area contributed by atoms with Crippen molar-refractivity contribution >= 4 is 11.6 Å². The molecule has 104 valence electrons. The lowest BCUT2D eigenvalue weighted by molar-refractivity contribution is 0.354. The summed E-state index contributed by atoms with van der Waals surface area (Å²) in [5.74, 6) is 1.19. The average molecular weight is 283 g/mol. The standard InChI is InChI=1S/C14H19ClN2O2/c1-18-13-9-11(8-12(15)14(13)19-2)10-17-7-5-3-4-6-16/h8-9,17H,3-5,7,10H2,1-2H3. The van der Waals surface area contributed by atoms with Crippen LogP contribution in [-0.2, 0) is 6.54 Å². The van der Waals surface area contributed by atoms with Crippen molar-refractivity contribution in [2.45, 2.75) is 25.8 Å². The number of hydrogen-bond donors (Lipinski definition) is 1. The Hall–Kier alpha value is -1.44. The van der Waals surface area contributed by atoms with Crippen molar-refractivity contribution in [1.82, 2.24) is 5.32 Å². The molecule has 0 spiro atoms. The van der Waals surface area contributed by atoms with Gasteiger partial charge in [-0.25, -0.2) is 0 Å². The summed E-state index contributed by atoms with van der Waals surface area (Å²) in [4.78, 5) is 0. The molecule has 1 N–H and O–H groups in total. The molecule has 4 nitrogen and oxygen atoms in total. The number of methoxy groups -OCH3 is 2. The topological polar surface area (TPSA) is 54.3 Å². The lowest BCUT2D eigenvalue weighted by Gasteiger charge is -2.12. The van der Waals surface area contributed by atoms with E-state index in [0.29, 0.717) is 29.5 Å². The van der Waals surface area contributed by atoms with Crippen LogP contribution < -0.4 is 14.8 Å². The van der Waals surface area contributed by atoms with Crippen molar-refractivity contribution in [1.29, 1.82) is 5.26 Å². The van der Waals surface area contributed by atoms with Gasteiger partial charge in [-0.15, -0.1) is 0 Å². The molecule has 0 fully saturated rings. The Kier molecular flexibility index (Phi) is 7.09. The molecule has 0 bridgehead atoms. The molecular weight excluding hydrogens is 264 g/mol. The maximum Gasteiger partial charge on any atom is 0.179 e. The number of ether oxygens (including phenoxy) is 2. The normalized spacial score (nSPS) is 10.0. The van der Waals surface area contributed by atoms with Crippen LogP contribution in [0.1, 0.15) is 24.8 Å². The Morgan fingerprint density at radius 2 is 2.05 bits per heavy atom. The van der Waals surface area contributed by atoms with Gasteiger partial charge < -0.3 is 14.8 Å². The Balaban J connectivity index is 2.51. The number of nitrogens with zero attached hydrogens (tertiary/aromatic N) is 1. The maximum atomic E-state index is 8.43. The van der Waals surface area contributed by atoms with Gasteiger partial charge in [-0.2, -0.15) is 5.26 Å². The molecule has 0 aromatic heterocycles. The Labute approximate surface area is 119 Å². The van der Waals surface area contributed by atoms with Crippen LogP contribution in [0.4, 0.5) is 0 Å². The molecule has 19 heavy (non-hydrogen) atoms. The summed E-state index contributed by atoms with van der Waals surface area (Å²) >= 11 is 6.13. The second kappa shape index (κ2) is 8.63. The van der Waals surface area contributed by atoms with Crippen molar-refractivity contribution in [3.63, 3.8) is 0 Å². The van der Waals surface area contributed by atoms with E-state index in [1.165, 1.54) is 0 Å². The Morgan fingerprint density at radius 3 is 2.68 bits per heavy atom. The van der Waals surface area contributed by atoms with Crippen LogP contribution in [0.3, 0.4) is 0 Å². The van der Waals surface area contributed by atoms with Crippen molar-refractivity contribution < 1.29 is 9.47 Å². The van der Waals surface area contributed by atoms with E-state index in [2.05, 4.69) is 11.4 Å². The quantitative estimate of drug-likeness (QED) is 0.744. The highest BCUT2D eigenvalue weighted by Crippen LogP contribution is 2.35. The predicted molar refractivity (Wildman–Crippen MR) is 75.7 cm³/mol. The third kappa shape index (κ3) is 4.98. The number of benzene rings is 1. The van der Waals surface area contributed by atoms with Gasteiger partial charge in [0.2, 0.25) is 0 Å². The third-order valence-corrected chi connectivity index (χ3v) is 3.00.